The summed E-state index contributed by atoms with van der Waals surface area (Å²) in [6, 6.07) is 4.36. The van der Waals surface area contributed by atoms with Crippen molar-refractivity contribution in [2.45, 2.75) is 19.4 Å². The highest BCUT2D eigenvalue weighted by atomic mass is 16.5. The van der Waals surface area contributed by atoms with E-state index in [1.807, 2.05) is 16.8 Å². The van der Waals surface area contributed by atoms with Gasteiger partial charge in [-0.25, -0.2) is 4.98 Å². The van der Waals surface area contributed by atoms with Crippen LogP contribution in [0.4, 0.5) is 0 Å². The van der Waals surface area contributed by atoms with Gasteiger partial charge in [0.15, 0.2) is 0 Å². The van der Waals surface area contributed by atoms with E-state index in [0.29, 0.717) is 0 Å². The van der Waals surface area contributed by atoms with Crippen molar-refractivity contribution < 1.29 is 4.74 Å². The highest BCUT2D eigenvalue weighted by Gasteiger charge is 2.30. The first-order chi connectivity index (χ1) is 8.68. The zero-order valence-electron chi connectivity index (χ0n) is 11.0. The summed E-state index contributed by atoms with van der Waals surface area (Å²) < 4.78 is 7.47. The van der Waals surface area contributed by atoms with Crippen LogP contribution in [0, 0.1) is 0 Å². The quantitative estimate of drug-likeness (QED) is 0.809. The Morgan fingerprint density at radius 1 is 1.22 bits per heavy atom. The molecule has 1 aliphatic heterocycles. The molecule has 0 radical (unpaired) electrons. The van der Waals surface area contributed by atoms with Crippen molar-refractivity contribution in [2.24, 2.45) is 0 Å². The first-order valence-corrected chi connectivity index (χ1v) is 6.44. The summed E-state index contributed by atoms with van der Waals surface area (Å²) in [7, 11) is 0. The van der Waals surface area contributed by atoms with Crippen LogP contribution in [0.3, 0.4) is 0 Å². The highest BCUT2D eigenvalue weighted by molar-refractivity contribution is 5.43. The summed E-state index contributed by atoms with van der Waals surface area (Å²) in [6.07, 6.45) is 5.89. The molecule has 1 aliphatic rings. The monoisotopic (exact) mass is 245 g/mol. The molecule has 2 aromatic heterocycles. The largest absolute Gasteiger partial charge is 0.379 e. The lowest BCUT2D eigenvalue weighted by Crippen LogP contribution is -2.47. The molecule has 4 nitrogen and oxygen atoms in total. The van der Waals surface area contributed by atoms with Gasteiger partial charge in [-0.3, -0.25) is 4.90 Å². The van der Waals surface area contributed by atoms with E-state index in [4.69, 9.17) is 4.74 Å². The molecule has 0 aliphatic carbocycles. The molecule has 0 amide bonds. The fraction of sp³-hybridized carbons (Fsp3) is 0.500. The summed E-state index contributed by atoms with van der Waals surface area (Å²) in [5.74, 6) is 0. The van der Waals surface area contributed by atoms with Gasteiger partial charge in [0.2, 0.25) is 0 Å². The minimum absolute atomic E-state index is 0.0253. The normalized spacial score (nSPS) is 18.3. The fourth-order valence-corrected chi connectivity index (χ4v) is 2.60. The van der Waals surface area contributed by atoms with E-state index in [2.05, 4.69) is 42.1 Å². The molecule has 2 aromatic rings. The van der Waals surface area contributed by atoms with Crippen LogP contribution in [0.25, 0.3) is 5.65 Å². The Bertz CT molecular complexity index is 541. The smallest absolute Gasteiger partial charge is 0.136 e. The fourth-order valence-electron chi connectivity index (χ4n) is 2.60. The lowest BCUT2D eigenvalue weighted by molar-refractivity contribution is -0.0118. The van der Waals surface area contributed by atoms with E-state index in [1.54, 1.807) is 0 Å². The van der Waals surface area contributed by atoms with Crippen LogP contribution in [-0.2, 0) is 10.3 Å². The van der Waals surface area contributed by atoms with Crippen molar-refractivity contribution >= 4 is 5.65 Å². The maximum Gasteiger partial charge on any atom is 0.136 e. The average molecular weight is 245 g/mol. The number of morpholine rings is 1. The number of imidazole rings is 1. The highest BCUT2D eigenvalue weighted by Crippen LogP contribution is 2.28. The minimum atomic E-state index is 0.0253. The van der Waals surface area contributed by atoms with Crippen molar-refractivity contribution in [3.05, 3.63) is 36.3 Å². The second kappa shape index (κ2) is 4.37. The second-order valence-electron chi connectivity index (χ2n) is 5.27. The van der Waals surface area contributed by atoms with Crippen molar-refractivity contribution in [3.63, 3.8) is 0 Å². The molecule has 0 spiro atoms. The Morgan fingerprint density at radius 3 is 2.78 bits per heavy atom. The lowest BCUT2D eigenvalue weighted by Gasteiger charge is -2.41. The van der Waals surface area contributed by atoms with Crippen molar-refractivity contribution in [2.75, 3.05) is 26.3 Å². The third-order valence-electron chi connectivity index (χ3n) is 3.91. The molecule has 4 heteroatoms. The number of hydrogen-bond acceptors (Lipinski definition) is 3. The second-order valence-corrected chi connectivity index (χ2v) is 5.27. The lowest BCUT2D eigenvalue weighted by atomic mass is 9.92. The van der Waals surface area contributed by atoms with Crippen LogP contribution in [0.5, 0.6) is 0 Å². The van der Waals surface area contributed by atoms with Gasteiger partial charge in [-0.05, 0) is 31.5 Å². The Morgan fingerprint density at radius 2 is 2.00 bits per heavy atom. The van der Waals surface area contributed by atoms with Crippen molar-refractivity contribution in [1.82, 2.24) is 14.3 Å². The van der Waals surface area contributed by atoms with Gasteiger partial charge in [0.25, 0.3) is 0 Å². The van der Waals surface area contributed by atoms with Gasteiger partial charge in [0.05, 0.1) is 13.2 Å². The molecule has 1 fully saturated rings. The van der Waals surface area contributed by atoms with Gasteiger partial charge in [-0.15, -0.1) is 0 Å². The van der Waals surface area contributed by atoms with E-state index in [1.165, 1.54) is 5.56 Å². The zero-order chi connectivity index (χ0) is 12.6. The summed E-state index contributed by atoms with van der Waals surface area (Å²) >= 11 is 0. The number of ether oxygens (including phenoxy) is 1. The van der Waals surface area contributed by atoms with Crippen LogP contribution >= 0.6 is 0 Å². The number of rotatable bonds is 2. The first-order valence-electron chi connectivity index (χ1n) is 6.44. The third kappa shape index (κ3) is 1.91. The summed E-state index contributed by atoms with van der Waals surface area (Å²) in [5.41, 5.74) is 2.34. The molecular weight excluding hydrogens is 226 g/mol. The molecule has 96 valence electrons. The summed E-state index contributed by atoms with van der Waals surface area (Å²) in [6.45, 7) is 8.18. The first kappa shape index (κ1) is 11.7. The van der Waals surface area contributed by atoms with Gasteiger partial charge in [0, 0.05) is 37.2 Å². The number of aromatic nitrogens is 2. The Hall–Kier alpha value is -1.39. The summed E-state index contributed by atoms with van der Waals surface area (Å²) in [5, 5.41) is 0. The Kier molecular flexibility index (Phi) is 2.84. The van der Waals surface area contributed by atoms with Crippen LogP contribution in [0.15, 0.2) is 30.7 Å². The van der Waals surface area contributed by atoms with E-state index in [9.17, 15) is 0 Å². The molecule has 3 rings (SSSR count). The van der Waals surface area contributed by atoms with Crippen LogP contribution in [-0.4, -0.2) is 40.6 Å². The predicted octanol–water partition coefficient (Wildman–Crippen LogP) is 1.90. The Labute approximate surface area is 107 Å². The van der Waals surface area contributed by atoms with Crippen LogP contribution in [0.1, 0.15) is 19.4 Å². The maximum absolute atomic E-state index is 5.43. The number of fused-ring (bicyclic) bond motifs is 1. The van der Waals surface area contributed by atoms with E-state index >= 15 is 0 Å². The van der Waals surface area contributed by atoms with Gasteiger partial charge in [-0.1, -0.05) is 0 Å². The molecule has 0 aromatic carbocycles. The predicted molar refractivity (Wildman–Crippen MR) is 70.6 cm³/mol. The van der Waals surface area contributed by atoms with Gasteiger partial charge >= 0.3 is 0 Å². The molecule has 18 heavy (non-hydrogen) atoms. The van der Waals surface area contributed by atoms with Gasteiger partial charge < -0.3 is 9.14 Å². The molecule has 1 saturated heterocycles. The van der Waals surface area contributed by atoms with Gasteiger partial charge in [0.1, 0.15) is 5.65 Å². The third-order valence-corrected chi connectivity index (χ3v) is 3.91. The molecular formula is C14H19N3O. The number of hydrogen-bond donors (Lipinski definition) is 0. The number of pyridine rings is 1. The maximum atomic E-state index is 5.43. The molecule has 0 bridgehead atoms. The average Bonchev–Trinajstić information content (AvgIpc) is 2.87. The Balaban J connectivity index is 1.95. The standard InChI is InChI=1S/C14H19N3O/c1-14(2,17-7-9-18-10-8-17)12-3-5-16-6-4-15-13(16)11-12/h3-6,11H,7-10H2,1-2H3. The zero-order valence-corrected chi connectivity index (χ0v) is 11.0. The topological polar surface area (TPSA) is 29.8 Å². The van der Waals surface area contributed by atoms with E-state index < -0.39 is 0 Å². The van der Waals surface area contributed by atoms with Crippen LogP contribution in [0.2, 0.25) is 0 Å². The minimum Gasteiger partial charge on any atom is -0.379 e. The SMILES string of the molecule is CC(C)(c1ccn2ccnc2c1)N1CCOCC1. The van der Waals surface area contributed by atoms with Crippen molar-refractivity contribution in [3.8, 4) is 0 Å². The van der Waals surface area contributed by atoms with E-state index in [0.717, 1.165) is 32.0 Å². The molecule has 0 saturated carbocycles. The molecule has 0 unspecified atom stereocenters. The summed E-state index contributed by atoms with van der Waals surface area (Å²) in [4.78, 5) is 6.84. The number of nitrogens with zero attached hydrogens (tertiary/aromatic N) is 3. The van der Waals surface area contributed by atoms with Crippen LogP contribution < -0.4 is 0 Å². The molecule has 0 atom stereocenters. The molecule has 0 N–H and O–H groups in total. The molecule has 3 heterocycles. The van der Waals surface area contributed by atoms with Crippen molar-refractivity contribution in [1.29, 1.82) is 0 Å². The van der Waals surface area contributed by atoms with E-state index in [-0.39, 0.29) is 5.54 Å². The van der Waals surface area contributed by atoms with Gasteiger partial charge in [-0.2, -0.15) is 0 Å².